The van der Waals surface area contributed by atoms with Gasteiger partial charge in [0.25, 0.3) is 0 Å². The molecule has 1 heterocycles. The molecule has 1 fully saturated rings. The molecular formula is C13H23NO3. The van der Waals surface area contributed by atoms with E-state index in [1.807, 2.05) is 20.8 Å². The van der Waals surface area contributed by atoms with Crippen LogP contribution in [0.3, 0.4) is 0 Å². The average Bonchev–Trinajstić information content (AvgIpc) is 2.24. The number of piperidine rings is 1. The summed E-state index contributed by atoms with van der Waals surface area (Å²) in [5, 5.41) is 0. The van der Waals surface area contributed by atoms with Crippen molar-refractivity contribution >= 4 is 6.09 Å². The molecule has 0 bridgehead atoms. The molecule has 17 heavy (non-hydrogen) atoms. The SMILES string of the molecule is C=CCOC1CCN(C(=O)OC(C)(C)C)CC1. The molecule has 0 spiro atoms. The molecule has 0 aliphatic carbocycles. The summed E-state index contributed by atoms with van der Waals surface area (Å²) in [7, 11) is 0. The first-order valence-corrected chi connectivity index (χ1v) is 6.13. The van der Waals surface area contributed by atoms with Crippen LogP contribution in [0.5, 0.6) is 0 Å². The molecule has 0 saturated carbocycles. The Morgan fingerprint density at radius 2 is 2.00 bits per heavy atom. The fourth-order valence-electron chi connectivity index (χ4n) is 1.74. The van der Waals surface area contributed by atoms with Gasteiger partial charge in [-0.25, -0.2) is 4.79 Å². The Morgan fingerprint density at radius 3 is 2.47 bits per heavy atom. The number of nitrogens with zero attached hydrogens (tertiary/aromatic N) is 1. The maximum Gasteiger partial charge on any atom is 0.410 e. The molecule has 0 aromatic carbocycles. The summed E-state index contributed by atoms with van der Waals surface area (Å²) in [5.41, 5.74) is -0.423. The zero-order valence-corrected chi connectivity index (χ0v) is 11.1. The minimum Gasteiger partial charge on any atom is -0.444 e. The van der Waals surface area contributed by atoms with E-state index in [-0.39, 0.29) is 12.2 Å². The zero-order chi connectivity index (χ0) is 12.9. The second-order valence-corrected chi connectivity index (χ2v) is 5.29. The highest BCUT2D eigenvalue weighted by Crippen LogP contribution is 2.17. The Morgan fingerprint density at radius 1 is 1.41 bits per heavy atom. The standard InChI is InChI=1S/C13H23NO3/c1-5-10-16-11-6-8-14(9-7-11)12(15)17-13(2,3)4/h5,11H,1,6-10H2,2-4H3. The molecule has 0 N–H and O–H groups in total. The van der Waals surface area contributed by atoms with Gasteiger partial charge in [-0.1, -0.05) is 6.08 Å². The first kappa shape index (κ1) is 14.0. The second kappa shape index (κ2) is 6.05. The van der Waals surface area contributed by atoms with Crippen LogP contribution in [0.2, 0.25) is 0 Å². The zero-order valence-electron chi connectivity index (χ0n) is 11.1. The molecule has 1 saturated heterocycles. The topological polar surface area (TPSA) is 38.8 Å². The van der Waals surface area contributed by atoms with Crippen molar-refractivity contribution in [1.82, 2.24) is 4.90 Å². The quantitative estimate of drug-likeness (QED) is 0.713. The largest absolute Gasteiger partial charge is 0.444 e. The molecule has 0 radical (unpaired) electrons. The van der Waals surface area contributed by atoms with Crippen molar-refractivity contribution in [2.45, 2.75) is 45.3 Å². The summed E-state index contributed by atoms with van der Waals surface area (Å²) in [6, 6.07) is 0. The van der Waals surface area contributed by atoms with Crippen molar-refractivity contribution in [3.05, 3.63) is 12.7 Å². The number of likely N-dealkylation sites (tertiary alicyclic amines) is 1. The van der Waals surface area contributed by atoms with E-state index < -0.39 is 5.60 Å². The fraction of sp³-hybridized carbons (Fsp3) is 0.769. The van der Waals surface area contributed by atoms with Crippen LogP contribution in [0.4, 0.5) is 4.79 Å². The summed E-state index contributed by atoms with van der Waals surface area (Å²) >= 11 is 0. The van der Waals surface area contributed by atoms with Gasteiger partial charge in [0.1, 0.15) is 5.60 Å². The van der Waals surface area contributed by atoms with E-state index >= 15 is 0 Å². The highest BCUT2D eigenvalue weighted by Gasteiger charge is 2.26. The van der Waals surface area contributed by atoms with Gasteiger partial charge in [-0.2, -0.15) is 0 Å². The summed E-state index contributed by atoms with van der Waals surface area (Å²) in [4.78, 5) is 13.5. The van der Waals surface area contributed by atoms with E-state index in [0.29, 0.717) is 19.7 Å². The molecule has 1 rings (SSSR count). The number of amides is 1. The van der Waals surface area contributed by atoms with E-state index in [1.165, 1.54) is 0 Å². The van der Waals surface area contributed by atoms with Crippen molar-refractivity contribution in [3.63, 3.8) is 0 Å². The number of carbonyl (C=O) groups is 1. The number of carbonyl (C=O) groups excluding carboxylic acids is 1. The monoisotopic (exact) mass is 241 g/mol. The minimum atomic E-state index is -0.423. The molecule has 0 atom stereocenters. The number of rotatable bonds is 3. The molecule has 4 heteroatoms. The van der Waals surface area contributed by atoms with Gasteiger partial charge < -0.3 is 14.4 Å². The number of hydrogen-bond acceptors (Lipinski definition) is 3. The Balaban J connectivity index is 2.31. The predicted molar refractivity (Wildman–Crippen MR) is 67.0 cm³/mol. The molecular weight excluding hydrogens is 218 g/mol. The van der Waals surface area contributed by atoms with E-state index in [1.54, 1.807) is 11.0 Å². The van der Waals surface area contributed by atoms with Gasteiger partial charge in [-0.15, -0.1) is 6.58 Å². The van der Waals surface area contributed by atoms with Crippen LogP contribution in [0.15, 0.2) is 12.7 Å². The van der Waals surface area contributed by atoms with E-state index in [0.717, 1.165) is 12.8 Å². The van der Waals surface area contributed by atoms with Gasteiger partial charge in [0.2, 0.25) is 0 Å². The fourth-order valence-corrected chi connectivity index (χ4v) is 1.74. The number of ether oxygens (including phenoxy) is 2. The average molecular weight is 241 g/mol. The predicted octanol–water partition coefficient (Wildman–Crippen LogP) is 2.59. The van der Waals surface area contributed by atoms with E-state index in [9.17, 15) is 4.79 Å². The number of hydrogen-bond donors (Lipinski definition) is 0. The maximum atomic E-state index is 11.8. The molecule has 1 aliphatic rings. The smallest absolute Gasteiger partial charge is 0.410 e. The molecule has 0 aromatic heterocycles. The first-order chi connectivity index (χ1) is 7.92. The van der Waals surface area contributed by atoms with Crippen molar-refractivity contribution in [2.75, 3.05) is 19.7 Å². The Bertz CT molecular complexity index is 262. The van der Waals surface area contributed by atoms with Crippen LogP contribution in [0, 0.1) is 0 Å². The highest BCUT2D eigenvalue weighted by molar-refractivity contribution is 5.68. The lowest BCUT2D eigenvalue weighted by atomic mass is 10.1. The Hall–Kier alpha value is -1.03. The lowest BCUT2D eigenvalue weighted by Gasteiger charge is -2.33. The van der Waals surface area contributed by atoms with Crippen molar-refractivity contribution in [3.8, 4) is 0 Å². The highest BCUT2D eigenvalue weighted by atomic mass is 16.6. The third-order valence-corrected chi connectivity index (χ3v) is 2.54. The van der Waals surface area contributed by atoms with Gasteiger partial charge >= 0.3 is 6.09 Å². The normalized spacial score (nSPS) is 17.9. The molecule has 1 aliphatic heterocycles. The van der Waals surface area contributed by atoms with Crippen molar-refractivity contribution in [1.29, 1.82) is 0 Å². The van der Waals surface area contributed by atoms with Gasteiger partial charge in [0, 0.05) is 13.1 Å². The van der Waals surface area contributed by atoms with Gasteiger partial charge in [0.15, 0.2) is 0 Å². The third kappa shape index (κ3) is 5.22. The molecule has 98 valence electrons. The van der Waals surface area contributed by atoms with Crippen LogP contribution in [-0.4, -0.2) is 42.4 Å². The molecule has 0 aromatic rings. The van der Waals surface area contributed by atoms with Crippen LogP contribution in [0.1, 0.15) is 33.6 Å². The summed E-state index contributed by atoms with van der Waals surface area (Å²) in [5.74, 6) is 0. The van der Waals surface area contributed by atoms with Crippen LogP contribution in [-0.2, 0) is 9.47 Å². The first-order valence-electron chi connectivity index (χ1n) is 6.13. The van der Waals surface area contributed by atoms with Gasteiger partial charge in [0.05, 0.1) is 12.7 Å². The maximum absolute atomic E-state index is 11.8. The van der Waals surface area contributed by atoms with Crippen molar-refractivity contribution < 1.29 is 14.3 Å². The summed E-state index contributed by atoms with van der Waals surface area (Å²) in [6.45, 7) is 11.2. The van der Waals surface area contributed by atoms with E-state index in [4.69, 9.17) is 9.47 Å². The van der Waals surface area contributed by atoms with E-state index in [2.05, 4.69) is 6.58 Å². The van der Waals surface area contributed by atoms with Crippen molar-refractivity contribution in [2.24, 2.45) is 0 Å². The van der Waals surface area contributed by atoms with Gasteiger partial charge in [-0.05, 0) is 33.6 Å². The summed E-state index contributed by atoms with van der Waals surface area (Å²) in [6.07, 6.45) is 3.51. The third-order valence-electron chi connectivity index (χ3n) is 2.54. The molecule has 0 unspecified atom stereocenters. The Kier molecular flexibility index (Phi) is 5.00. The van der Waals surface area contributed by atoms with Gasteiger partial charge in [-0.3, -0.25) is 0 Å². The van der Waals surface area contributed by atoms with Crippen LogP contribution < -0.4 is 0 Å². The molecule has 4 nitrogen and oxygen atoms in total. The molecule has 1 amide bonds. The lowest BCUT2D eigenvalue weighted by Crippen LogP contribution is -2.43. The van der Waals surface area contributed by atoms with Crippen LogP contribution in [0.25, 0.3) is 0 Å². The minimum absolute atomic E-state index is 0.223. The van der Waals surface area contributed by atoms with Crippen LogP contribution >= 0.6 is 0 Å². The lowest BCUT2D eigenvalue weighted by molar-refractivity contribution is -0.00468. The Labute approximate surface area is 104 Å². The summed E-state index contributed by atoms with van der Waals surface area (Å²) < 4.78 is 10.9. The second-order valence-electron chi connectivity index (χ2n) is 5.29.